The van der Waals surface area contributed by atoms with Crippen molar-refractivity contribution in [2.24, 2.45) is 0 Å². The molecule has 1 fully saturated rings. The molecule has 3 N–H and O–H groups in total. The predicted octanol–water partition coefficient (Wildman–Crippen LogP) is 3.25. The lowest BCUT2D eigenvalue weighted by atomic mass is 9.93. The third-order valence-electron chi connectivity index (χ3n) is 4.43. The van der Waals surface area contributed by atoms with Gasteiger partial charge in [-0.1, -0.05) is 26.7 Å². The van der Waals surface area contributed by atoms with Crippen LogP contribution in [0.2, 0.25) is 0 Å². The van der Waals surface area contributed by atoms with Crippen LogP contribution in [0.3, 0.4) is 0 Å². The second-order valence-electron chi connectivity index (χ2n) is 6.51. The number of amides is 2. The summed E-state index contributed by atoms with van der Waals surface area (Å²) in [4.78, 5) is 12.2. The number of urea groups is 1. The minimum Gasteiger partial charge on any atom is -0.496 e. The minimum absolute atomic E-state index is 0.197. The first-order valence-electron chi connectivity index (χ1n) is 8.47. The molecule has 0 bridgehead atoms. The van der Waals surface area contributed by atoms with Gasteiger partial charge in [0, 0.05) is 23.4 Å². The van der Waals surface area contributed by atoms with Crippen molar-refractivity contribution in [3.63, 3.8) is 0 Å². The summed E-state index contributed by atoms with van der Waals surface area (Å²) in [5.41, 5.74) is 1.56. The molecule has 6 heteroatoms. The average Bonchev–Trinajstić information content (AvgIpc) is 2.55. The highest BCUT2D eigenvalue weighted by atomic mass is 16.5. The molecule has 134 valence electrons. The fourth-order valence-corrected chi connectivity index (χ4v) is 3.20. The van der Waals surface area contributed by atoms with Crippen LogP contribution in [0.4, 0.5) is 10.5 Å². The molecule has 1 saturated carbocycles. The van der Waals surface area contributed by atoms with Crippen LogP contribution in [0.25, 0.3) is 0 Å². The van der Waals surface area contributed by atoms with Gasteiger partial charge in [-0.3, -0.25) is 0 Å². The number of aliphatic hydroxyl groups is 1. The van der Waals surface area contributed by atoms with Crippen LogP contribution in [0, 0.1) is 0 Å². The Morgan fingerprint density at radius 3 is 2.25 bits per heavy atom. The SMILES string of the molecule is COc1cc(NC(=O)N[C@H]2CCCC[C@@H]2O)cc(OC)c1C(C)C. The molecule has 24 heavy (non-hydrogen) atoms. The maximum absolute atomic E-state index is 12.2. The summed E-state index contributed by atoms with van der Waals surface area (Å²) in [6.45, 7) is 4.12. The molecule has 0 unspecified atom stereocenters. The van der Waals surface area contributed by atoms with E-state index in [1.165, 1.54) is 0 Å². The maximum atomic E-state index is 12.2. The third-order valence-corrected chi connectivity index (χ3v) is 4.43. The van der Waals surface area contributed by atoms with E-state index in [1.54, 1.807) is 26.4 Å². The average molecular weight is 336 g/mol. The summed E-state index contributed by atoms with van der Waals surface area (Å²) in [7, 11) is 3.20. The van der Waals surface area contributed by atoms with E-state index in [0.717, 1.165) is 31.2 Å². The van der Waals surface area contributed by atoms with Crippen LogP contribution in [0.1, 0.15) is 51.0 Å². The number of hydrogen-bond acceptors (Lipinski definition) is 4. The van der Waals surface area contributed by atoms with E-state index in [2.05, 4.69) is 24.5 Å². The van der Waals surface area contributed by atoms with Crippen molar-refractivity contribution in [1.29, 1.82) is 0 Å². The number of ether oxygens (including phenoxy) is 2. The van der Waals surface area contributed by atoms with Crippen molar-refractivity contribution in [2.75, 3.05) is 19.5 Å². The van der Waals surface area contributed by atoms with Crippen LogP contribution >= 0.6 is 0 Å². The van der Waals surface area contributed by atoms with Gasteiger partial charge >= 0.3 is 6.03 Å². The number of carbonyl (C=O) groups excluding carboxylic acids is 1. The quantitative estimate of drug-likeness (QED) is 0.771. The van der Waals surface area contributed by atoms with Crippen LogP contribution in [-0.2, 0) is 0 Å². The molecule has 6 nitrogen and oxygen atoms in total. The molecule has 1 aliphatic carbocycles. The lowest BCUT2D eigenvalue weighted by Crippen LogP contribution is -2.46. The molecule has 2 atom stereocenters. The summed E-state index contributed by atoms with van der Waals surface area (Å²) in [6.07, 6.45) is 3.08. The van der Waals surface area contributed by atoms with Gasteiger partial charge in [-0.05, 0) is 18.8 Å². The monoisotopic (exact) mass is 336 g/mol. The highest BCUT2D eigenvalue weighted by Crippen LogP contribution is 2.38. The molecule has 0 saturated heterocycles. The van der Waals surface area contributed by atoms with Gasteiger partial charge < -0.3 is 25.2 Å². The number of methoxy groups -OCH3 is 2. The fraction of sp³-hybridized carbons (Fsp3) is 0.611. The Labute approximate surface area is 143 Å². The van der Waals surface area contributed by atoms with Gasteiger partial charge in [0.15, 0.2) is 0 Å². The Kier molecular flexibility index (Phi) is 6.31. The molecule has 2 rings (SSSR count). The number of benzene rings is 1. The van der Waals surface area contributed by atoms with E-state index in [-0.39, 0.29) is 18.0 Å². The molecule has 0 aromatic heterocycles. The van der Waals surface area contributed by atoms with Crippen molar-refractivity contribution in [3.8, 4) is 11.5 Å². The Hall–Kier alpha value is -1.95. The topological polar surface area (TPSA) is 79.8 Å². The van der Waals surface area contributed by atoms with Gasteiger partial charge in [0.1, 0.15) is 11.5 Å². The highest BCUT2D eigenvalue weighted by molar-refractivity contribution is 5.90. The fourth-order valence-electron chi connectivity index (χ4n) is 3.20. The van der Waals surface area contributed by atoms with Crippen LogP contribution in [-0.4, -0.2) is 37.5 Å². The Balaban J connectivity index is 2.12. The smallest absolute Gasteiger partial charge is 0.319 e. The van der Waals surface area contributed by atoms with Crippen molar-refractivity contribution in [3.05, 3.63) is 17.7 Å². The highest BCUT2D eigenvalue weighted by Gasteiger charge is 2.24. The molecule has 1 aliphatic rings. The molecular formula is C18H28N2O4. The zero-order chi connectivity index (χ0) is 17.7. The van der Waals surface area contributed by atoms with Gasteiger partial charge in [-0.25, -0.2) is 4.79 Å². The van der Waals surface area contributed by atoms with E-state index in [1.807, 2.05) is 0 Å². The standard InChI is InChI=1S/C18H28N2O4/c1-11(2)17-15(23-3)9-12(10-16(17)24-4)19-18(22)20-13-7-5-6-8-14(13)21/h9-11,13-14,21H,5-8H2,1-4H3,(H2,19,20,22)/t13-,14-/m0/s1. The number of carbonyl (C=O) groups is 1. The number of hydrogen-bond donors (Lipinski definition) is 3. The second-order valence-corrected chi connectivity index (χ2v) is 6.51. The van der Waals surface area contributed by atoms with Gasteiger partial charge in [0.05, 0.1) is 26.4 Å². The molecule has 0 aliphatic heterocycles. The zero-order valence-corrected chi connectivity index (χ0v) is 14.9. The lowest BCUT2D eigenvalue weighted by Gasteiger charge is -2.28. The van der Waals surface area contributed by atoms with E-state index in [9.17, 15) is 9.90 Å². The van der Waals surface area contributed by atoms with Crippen molar-refractivity contribution in [2.45, 2.75) is 57.6 Å². The molecule has 0 spiro atoms. The molecule has 0 heterocycles. The first-order valence-corrected chi connectivity index (χ1v) is 8.47. The normalized spacial score (nSPS) is 20.6. The first kappa shape index (κ1) is 18.4. The lowest BCUT2D eigenvalue weighted by molar-refractivity contribution is 0.0955. The summed E-state index contributed by atoms with van der Waals surface area (Å²) < 4.78 is 10.9. The molecular weight excluding hydrogens is 308 g/mol. The van der Waals surface area contributed by atoms with Gasteiger partial charge in [0.25, 0.3) is 0 Å². The number of aliphatic hydroxyl groups excluding tert-OH is 1. The van der Waals surface area contributed by atoms with Crippen LogP contribution < -0.4 is 20.1 Å². The molecule has 0 radical (unpaired) electrons. The van der Waals surface area contributed by atoms with Gasteiger partial charge in [0.2, 0.25) is 0 Å². The van der Waals surface area contributed by atoms with Gasteiger partial charge in [-0.15, -0.1) is 0 Å². The zero-order valence-electron chi connectivity index (χ0n) is 14.9. The number of rotatable bonds is 5. The van der Waals surface area contributed by atoms with Crippen LogP contribution in [0.15, 0.2) is 12.1 Å². The predicted molar refractivity (Wildman–Crippen MR) is 94.1 cm³/mol. The number of nitrogens with one attached hydrogen (secondary N) is 2. The summed E-state index contributed by atoms with van der Waals surface area (Å²) in [5.74, 6) is 1.59. The third kappa shape index (κ3) is 4.32. The summed E-state index contributed by atoms with van der Waals surface area (Å²) >= 11 is 0. The Bertz CT molecular complexity index is 549. The van der Waals surface area contributed by atoms with Crippen molar-refractivity contribution in [1.82, 2.24) is 5.32 Å². The van der Waals surface area contributed by atoms with Gasteiger partial charge in [-0.2, -0.15) is 0 Å². The summed E-state index contributed by atoms with van der Waals surface area (Å²) in [6, 6.07) is 3.04. The second kappa shape index (κ2) is 8.24. The van der Waals surface area contributed by atoms with E-state index in [0.29, 0.717) is 17.2 Å². The first-order chi connectivity index (χ1) is 11.5. The maximum Gasteiger partial charge on any atom is 0.319 e. The largest absolute Gasteiger partial charge is 0.496 e. The molecule has 2 amide bonds. The Morgan fingerprint density at radius 2 is 1.75 bits per heavy atom. The molecule has 1 aromatic rings. The minimum atomic E-state index is -0.475. The van der Waals surface area contributed by atoms with Crippen LogP contribution in [0.5, 0.6) is 11.5 Å². The van der Waals surface area contributed by atoms with E-state index in [4.69, 9.17) is 9.47 Å². The Morgan fingerprint density at radius 1 is 1.17 bits per heavy atom. The molecule has 1 aromatic carbocycles. The summed E-state index contributed by atoms with van der Waals surface area (Å²) in [5, 5.41) is 15.6. The van der Waals surface area contributed by atoms with Crippen molar-refractivity contribution < 1.29 is 19.4 Å². The van der Waals surface area contributed by atoms with Crippen molar-refractivity contribution >= 4 is 11.7 Å². The van der Waals surface area contributed by atoms with E-state index >= 15 is 0 Å². The van der Waals surface area contributed by atoms with E-state index < -0.39 is 6.10 Å². The number of anilines is 1.